The molecule has 5 nitrogen and oxygen atoms in total. The van der Waals surface area contributed by atoms with Gasteiger partial charge in [-0.2, -0.15) is 0 Å². The van der Waals surface area contributed by atoms with E-state index in [4.69, 9.17) is 5.11 Å². The van der Waals surface area contributed by atoms with Gasteiger partial charge in [0, 0.05) is 5.56 Å². The summed E-state index contributed by atoms with van der Waals surface area (Å²) >= 11 is 0. The summed E-state index contributed by atoms with van der Waals surface area (Å²) < 4.78 is 0. The molecule has 1 aliphatic rings. The van der Waals surface area contributed by atoms with E-state index >= 15 is 0 Å². The topological polar surface area (TPSA) is 78.4 Å². The summed E-state index contributed by atoms with van der Waals surface area (Å²) in [6.07, 6.45) is 1.59. The summed E-state index contributed by atoms with van der Waals surface area (Å²) in [5.41, 5.74) is 1.09. The zero-order valence-corrected chi connectivity index (χ0v) is 10.9. The van der Waals surface area contributed by atoms with Crippen molar-refractivity contribution in [2.24, 2.45) is 0 Å². The van der Waals surface area contributed by atoms with Crippen molar-refractivity contribution in [1.82, 2.24) is 10.6 Å². The van der Waals surface area contributed by atoms with Gasteiger partial charge in [-0.25, -0.2) is 0 Å². The second-order valence-corrected chi connectivity index (χ2v) is 5.04. The molecule has 102 valence electrons. The minimum absolute atomic E-state index is 0.0510. The third-order valence-electron chi connectivity index (χ3n) is 3.25. The zero-order valence-electron chi connectivity index (χ0n) is 10.9. The van der Waals surface area contributed by atoms with Crippen LogP contribution in [0.25, 0.3) is 0 Å². The molecule has 0 heterocycles. The molecule has 5 heteroatoms. The monoisotopic (exact) mass is 262 g/mol. The number of aliphatic hydroxyl groups excluding tert-OH is 1. The average molecular weight is 262 g/mol. The third-order valence-corrected chi connectivity index (χ3v) is 3.25. The van der Waals surface area contributed by atoms with Gasteiger partial charge in [0.15, 0.2) is 0 Å². The molecule has 2 amide bonds. The van der Waals surface area contributed by atoms with E-state index in [1.54, 1.807) is 18.2 Å². The van der Waals surface area contributed by atoms with Crippen LogP contribution in [-0.2, 0) is 4.79 Å². The molecule has 0 aromatic heterocycles. The van der Waals surface area contributed by atoms with E-state index in [-0.39, 0.29) is 25.0 Å². The van der Waals surface area contributed by atoms with E-state index in [1.807, 2.05) is 13.0 Å². The molecule has 2 rings (SSSR count). The quantitative estimate of drug-likeness (QED) is 0.717. The van der Waals surface area contributed by atoms with Crippen LogP contribution in [0.4, 0.5) is 0 Å². The van der Waals surface area contributed by atoms with Gasteiger partial charge in [0.2, 0.25) is 5.91 Å². The van der Waals surface area contributed by atoms with Crippen LogP contribution in [0.1, 0.15) is 28.8 Å². The van der Waals surface area contributed by atoms with E-state index in [2.05, 4.69) is 10.6 Å². The molecule has 0 aliphatic heterocycles. The Morgan fingerprint density at radius 1 is 1.37 bits per heavy atom. The van der Waals surface area contributed by atoms with Crippen molar-refractivity contribution in [2.45, 2.75) is 25.3 Å². The Balaban J connectivity index is 1.82. The van der Waals surface area contributed by atoms with Crippen LogP contribution in [0, 0.1) is 6.92 Å². The lowest BCUT2D eigenvalue weighted by Crippen LogP contribution is -2.45. The van der Waals surface area contributed by atoms with Gasteiger partial charge in [-0.3, -0.25) is 9.59 Å². The Morgan fingerprint density at radius 2 is 2.11 bits per heavy atom. The number of carbonyl (C=O) groups is 2. The summed E-state index contributed by atoms with van der Waals surface area (Å²) in [4.78, 5) is 23.4. The van der Waals surface area contributed by atoms with Crippen molar-refractivity contribution in [3.05, 3.63) is 35.4 Å². The van der Waals surface area contributed by atoms with Crippen molar-refractivity contribution in [3.8, 4) is 0 Å². The van der Waals surface area contributed by atoms with E-state index in [1.165, 1.54) is 0 Å². The predicted octanol–water partition coefficient (Wildman–Crippen LogP) is 0.366. The van der Waals surface area contributed by atoms with E-state index in [0.717, 1.165) is 18.4 Å². The number of carbonyl (C=O) groups excluding carboxylic acids is 2. The minimum atomic E-state index is -0.439. The summed E-state index contributed by atoms with van der Waals surface area (Å²) in [5.74, 6) is -0.541. The normalized spacial score (nSPS) is 15.7. The zero-order chi connectivity index (χ0) is 13.9. The summed E-state index contributed by atoms with van der Waals surface area (Å²) in [6, 6.07) is 7.18. The van der Waals surface area contributed by atoms with Gasteiger partial charge >= 0.3 is 0 Å². The van der Waals surface area contributed by atoms with E-state index < -0.39 is 5.54 Å². The van der Waals surface area contributed by atoms with Crippen LogP contribution < -0.4 is 10.6 Å². The first kappa shape index (κ1) is 13.5. The van der Waals surface area contributed by atoms with Crippen molar-refractivity contribution in [1.29, 1.82) is 0 Å². The molecule has 1 aromatic carbocycles. The SMILES string of the molecule is Cc1cccc(C(=O)NCC(=O)NC2(CO)CC2)c1. The highest BCUT2D eigenvalue weighted by molar-refractivity contribution is 5.96. The Labute approximate surface area is 112 Å². The first-order valence-corrected chi connectivity index (χ1v) is 6.31. The number of aliphatic hydroxyl groups is 1. The minimum Gasteiger partial charge on any atom is -0.394 e. The Hall–Kier alpha value is -1.88. The average Bonchev–Trinajstić information content (AvgIpc) is 3.16. The van der Waals surface area contributed by atoms with Gasteiger partial charge in [-0.1, -0.05) is 17.7 Å². The first-order chi connectivity index (χ1) is 9.04. The molecule has 0 unspecified atom stereocenters. The fourth-order valence-electron chi connectivity index (χ4n) is 1.86. The van der Waals surface area contributed by atoms with Crippen LogP contribution in [0.3, 0.4) is 0 Å². The summed E-state index contributed by atoms with van der Waals surface area (Å²) in [5, 5.41) is 14.4. The molecule has 0 spiro atoms. The van der Waals surface area contributed by atoms with Gasteiger partial charge < -0.3 is 15.7 Å². The lowest BCUT2D eigenvalue weighted by Gasteiger charge is -2.14. The number of hydrogen-bond donors (Lipinski definition) is 3. The maximum atomic E-state index is 11.8. The van der Waals surface area contributed by atoms with Crippen molar-refractivity contribution in [2.75, 3.05) is 13.2 Å². The second kappa shape index (κ2) is 5.40. The van der Waals surface area contributed by atoms with Crippen molar-refractivity contribution >= 4 is 11.8 Å². The van der Waals surface area contributed by atoms with Gasteiger partial charge in [0.1, 0.15) is 0 Å². The molecular weight excluding hydrogens is 244 g/mol. The highest BCUT2D eigenvalue weighted by atomic mass is 16.3. The van der Waals surface area contributed by atoms with Crippen molar-refractivity contribution in [3.63, 3.8) is 0 Å². The predicted molar refractivity (Wildman–Crippen MR) is 70.7 cm³/mol. The maximum absolute atomic E-state index is 11.8. The van der Waals surface area contributed by atoms with Crippen LogP contribution in [0.15, 0.2) is 24.3 Å². The Bertz CT molecular complexity index is 495. The lowest BCUT2D eigenvalue weighted by molar-refractivity contribution is -0.121. The number of rotatable bonds is 5. The van der Waals surface area contributed by atoms with Crippen LogP contribution in [0.2, 0.25) is 0 Å². The molecule has 1 fully saturated rings. The summed E-state index contributed by atoms with van der Waals surface area (Å²) in [7, 11) is 0. The number of benzene rings is 1. The largest absolute Gasteiger partial charge is 0.394 e. The molecule has 19 heavy (non-hydrogen) atoms. The lowest BCUT2D eigenvalue weighted by atomic mass is 10.1. The van der Waals surface area contributed by atoms with Gasteiger partial charge in [0.05, 0.1) is 18.7 Å². The maximum Gasteiger partial charge on any atom is 0.251 e. The van der Waals surface area contributed by atoms with E-state index in [9.17, 15) is 9.59 Å². The Kier molecular flexibility index (Phi) is 3.85. The molecule has 0 atom stereocenters. The van der Waals surface area contributed by atoms with Gasteiger partial charge in [-0.15, -0.1) is 0 Å². The smallest absolute Gasteiger partial charge is 0.251 e. The number of aryl methyl sites for hydroxylation is 1. The summed E-state index contributed by atoms with van der Waals surface area (Å²) in [6.45, 7) is 1.78. The molecule has 1 aromatic rings. The van der Waals surface area contributed by atoms with Gasteiger partial charge in [-0.05, 0) is 31.9 Å². The molecule has 1 aliphatic carbocycles. The second-order valence-electron chi connectivity index (χ2n) is 5.04. The first-order valence-electron chi connectivity index (χ1n) is 6.31. The molecule has 0 radical (unpaired) electrons. The molecule has 0 saturated heterocycles. The Morgan fingerprint density at radius 3 is 2.68 bits per heavy atom. The highest BCUT2D eigenvalue weighted by Crippen LogP contribution is 2.34. The molecular formula is C14H18N2O3. The third kappa shape index (κ3) is 3.54. The van der Waals surface area contributed by atoms with Crippen LogP contribution >= 0.6 is 0 Å². The molecule has 3 N–H and O–H groups in total. The van der Waals surface area contributed by atoms with Crippen molar-refractivity contribution < 1.29 is 14.7 Å². The van der Waals surface area contributed by atoms with Crippen LogP contribution in [-0.4, -0.2) is 35.6 Å². The number of hydrogen-bond acceptors (Lipinski definition) is 3. The fourth-order valence-corrected chi connectivity index (χ4v) is 1.86. The fraction of sp³-hybridized carbons (Fsp3) is 0.429. The molecule has 1 saturated carbocycles. The highest BCUT2D eigenvalue weighted by Gasteiger charge is 2.43. The standard InChI is InChI=1S/C14H18N2O3/c1-10-3-2-4-11(7-10)13(19)15-8-12(18)16-14(9-17)5-6-14/h2-4,7,17H,5-6,8-9H2,1H3,(H,15,19)(H,16,18). The number of amides is 2. The molecule has 0 bridgehead atoms. The van der Waals surface area contributed by atoms with E-state index in [0.29, 0.717) is 5.56 Å². The van der Waals surface area contributed by atoms with Gasteiger partial charge in [0.25, 0.3) is 5.91 Å². The number of nitrogens with one attached hydrogen (secondary N) is 2. The van der Waals surface area contributed by atoms with Crippen LogP contribution in [0.5, 0.6) is 0 Å².